The Morgan fingerprint density at radius 2 is 2.11 bits per heavy atom. The van der Waals surface area contributed by atoms with Gasteiger partial charge in [0.25, 0.3) is 0 Å². The van der Waals surface area contributed by atoms with Gasteiger partial charge >= 0.3 is 0 Å². The number of nitrogens with zero attached hydrogens (tertiary/aromatic N) is 3. The summed E-state index contributed by atoms with van der Waals surface area (Å²) in [5.41, 5.74) is 7.66. The molecule has 1 fully saturated rings. The molecule has 1 aromatic heterocycles. The van der Waals surface area contributed by atoms with Crippen LogP contribution in [0.1, 0.15) is 50.3 Å². The van der Waals surface area contributed by atoms with E-state index in [9.17, 15) is 13.6 Å². The summed E-state index contributed by atoms with van der Waals surface area (Å²) in [6.07, 6.45) is 6.38. The van der Waals surface area contributed by atoms with E-state index >= 15 is 0 Å². The maximum Gasteiger partial charge on any atom is 0.249 e. The SMILES string of the molecule is CC(C)(C)[C@H](c1nc(C2=CC(F)CC=C2)cn1Cc1cccc(F)c1)N1C[C@H](CN)COCC1=O. The number of amides is 1. The quantitative estimate of drug-likeness (QED) is 0.665. The Bertz CT molecular complexity index is 1120. The number of rotatable bonds is 6. The predicted molar refractivity (Wildman–Crippen MR) is 132 cm³/mol. The van der Waals surface area contributed by atoms with Crippen LogP contribution in [0.2, 0.25) is 0 Å². The van der Waals surface area contributed by atoms with E-state index in [0.29, 0.717) is 49.8 Å². The first-order chi connectivity index (χ1) is 16.7. The highest BCUT2D eigenvalue weighted by Gasteiger charge is 2.40. The molecule has 1 saturated heterocycles. The van der Waals surface area contributed by atoms with Gasteiger partial charge in [-0.05, 0) is 35.7 Å². The van der Waals surface area contributed by atoms with Crippen LogP contribution in [0.4, 0.5) is 8.78 Å². The van der Waals surface area contributed by atoms with Gasteiger partial charge in [0.1, 0.15) is 24.4 Å². The van der Waals surface area contributed by atoms with Gasteiger partial charge in [0, 0.05) is 37.2 Å². The van der Waals surface area contributed by atoms with E-state index in [4.69, 9.17) is 15.5 Å². The zero-order valence-corrected chi connectivity index (χ0v) is 20.6. The number of nitrogens with two attached hydrogens (primary N) is 1. The average Bonchev–Trinajstić information content (AvgIpc) is 3.09. The number of benzene rings is 1. The van der Waals surface area contributed by atoms with Crippen molar-refractivity contribution in [3.8, 4) is 0 Å². The maximum absolute atomic E-state index is 14.2. The highest BCUT2D eigenvalue weighted by Crippen LogP contribution is 2.40. The van der Waals surface area contributed by atoms with Crippen LogP contribution in [0.25, 0.3) is 5.57 Å². The first-order valence-electron chi connectivity index (χ1n) is 12.1. The lowest BCUT2D eigenvalue weighted by molar-refractivity contribution is -0.139. The Balaban J connectivity index is 1.83. The molecule has 1 amide bonds. The Kier molecular flexibility index (Phi) is 7.52. The monoisotopic (exact) mass is 484 g/mol. The van der Waals surface area contributed by atoms with Crippen LogP contribution in [0.15, 0.2) is 48.7 Å². The number of ether oxygens (including phenoxy) is 1. The Labute approximate surface area is 205 Å². The van der Waals surface area contributed by atoms with E-state index in [1.54, 1.807) is 18.2 Å². The predicted octanol–water partition coefficient (Wildman–Crippen LogP) is 4.27. The molecular weight excluding hydrogens is 450 g/mol. The van der Waals surface area contributed by atoms with E-state index in [1.165, 1.54) is 12.1 Å². The summed E-state index contributed by atoms with van der Waals surface area (Å²) in [4.78, 5) is 20.0. The van der Waals surface area contributed by atoms with Crippen LogP contribution >= 0.6 is 0 Å². The first kappa shape index (κ1) is 25.3. The third-order valence-electron chi connectivity index (χ3n) is 6.43. The van der Waals surface area contributed by atoms with Gasteiger partial charge in [-0.15, -0.1) is 0 Å². The molecule has 4 rings (SSSR count). The molecule has 3 atom stereocenters. The second-order valence-corrected chi connectivity index (χ2v) is 10.4. The first-order valence-corrected chi connectivity index (χ1v) is 12.1. The summed E-state index contributed by atoms with van der Waals surface area (Å²) < 4.78 is 35.7. The normalized spacial score (nSPS) is 22.2. The Morgan fingerprint density at radius 3 is 2.80 bits per heavy atom. The molecule has 1 unspecified atom stereocenters. The number of halogens is 2. The highest BCUT2D eigenvalue weighted by atomic mass is 19.1. The molecule has 0 radical (unpaired) electrons. The van der Waals surface area contributed by atoms with Crippen molar-refractivity contribution < 1.29 is 18.3 Å². The van der Waals surface area contributed by atoms with Crippen molar-refractivity contribution in [3.05, 3.63) is 71.6 Å². The smallest absolute Gasteiger partial charge is 0.249 e. The van der Waals surface area contributed by atoms with Crippen molar-refractivity contribution in [1.82, 2.24) is 14.5 Å². The summed E-state index contributed by atoms with van der Waals surface area (Å²) in [5.74, 6) is 0.232. The number of imidazole rings is 1. The van der Waals surface area contributed by atoms with Gasteiger partial charge in [-0.2, -0.15) is 0 Å². The van der Waals surface area contributed by atoms with E-state index in [2.05, 4.69) is 20.8 Å². The van der Waals surface area contributed by atoms with Gasteiger partial charge in [0.15, 0.2) is 0 Å². The van der Waals surface area contributed by atoms with Crippen LogP contribution in [0.5, 0.6) is 0 Å². The van der Waals surface area contributed by atoms with E-state index in [0.717, 1.165) is 5.56 Å². The van der Waals surface area contributed by atoms with Crippen LogP contribution in [0.3, 0.4) is 0 Å². The number of carbonyl (C=O) groups is 1. The molecule has 0 bridgehead atoms. The minimum Gasteiger partial charge on any atom is -0.371 e. The molecule has 2 aromatic rings. The number of carbonyl (C=O) groups excluding carboxylic acids is 1. The molecule has 6 nitrogen and oxygen atoms in total. The van der Waals surface area contributed by atoms with Gasteiger partial charge in [-0.25, -0.2) is 13.8 Å². The largest absolute Gasteiger partial charge is 0.371 e. The third-order valence-corrected chi connectivity index (χ3v) is 6.43. The number of hydrogen-bond acceptors (Lipinski definition) is 4. The lowest BCUT2D eigenvalue weighted by Gasteiger charge is -2.40. The van der Waals surface area contributed by atoms with Gasteiger partial charge in [0.05, 0.1) is 18.3 Å². The summed E-state index contributed by atoms with van der Waals surface area (Å²) >= 11 is 0. The maximum atomic E-state index is 14.2. The molecule has 0 saturated carbocycles. The second-order valence-electron chi connectivity index (χ2n) is 10.4. The molecule has 2 N–H and O–H groups in total. The molecule has 8 heteroatoms. The van der Waals surface area contributed by atoms with Gasteiger partial charge in [0.2, 0.25) is 5.91 Å². The average molecular weight is 485 g/mol. The van der Waals surface area contributed by atoms with Gasteiger partial charge in [-0.3, -0.25) is 4.79 Å². The molecule has 35 heavy (non-hydrogen) atoms. The number of alkyl halides is 1. The lowest BCUT2D eigenvalue weighted by atomic mass is 9.84. The van der Waals surface area contributed by atoms with E-state index in [-0.39, 0.29) is 29.7 Å². The van der Waals surface area contributed by atoms with Crippen LogP contribution in [-0.2, 0) is 16.1 Å². The number of aromatic nitrogens is 2. The van der Waals surface area contributed by atoms with Crippen LogP contribution in [-0.4, -0.2) is 52.8 Å². The van der Waals surface area contributed by atoms with Crippen molar-refractivity contribution in [2.24, 2.45) is 17.1 Å². The second kappa shape index (κ2) is 10.4. The Morgan fingerprint density at radius 1 is 1.31 bits per heavy atom. The molecule has 0 spiro atoms. The van der Waals surface area contributed by atoms with Gasteiger partial charge < -0.3 is 19.9 Å². The summed E-state index contributed by atoms with van der Waals surface area (Å²) in [6.45, 7) is 7.81. The molecule has 1 aliphatic carbocycles. The van der Waals surface area contributed by atoms with Crippen molar-refractivity contribution in [3.63, 3.8) is 0 Å². The van der Waals surface area contributed by atoms with E-state index in [1.807, 2.05) is 27.8 Å². The van der Waals surface area contributed by atoms with Crippen molar-refractivity contribution >= 4 is 11.5 Å². The summed E-state index contributed by atoms with van der Waals surface area (Å²) in [5, 5.41) is 0. The fourth-order valence-electron chi connectivity index (χ4n) is 4.78. The summed E-state index contributed by atoms with van der Waals surface area (Å²) in [7, 11) is 0. The standard InChI is InChI=1S/C27H34F2N4O2/c1-27(2,3)25(33-14-19(12-30)16-35-17-24(33)34)26-31-23(20-7-5-9-22(29)11-20)15-32(26)13-18-6-4-8-21(28)10-18/h4-8,10-11,15,19,22,25H,9,12-14,16-17,30H2,1-3H3/t19-,22?,25-/m0/s1. The van der Waals surface area contributed by atoms with Crippen LogP contribution < -0.4 is 5.73 Å². The molecule has 1 aliphatic heterocycles. The Hall–Kier alpha value is -2.84. The molecule has 2 heterocycles. The minimum atomic E-state index is -1.07. The summed E-state index contributed by atoms with van der Waals surface area (Å²) in [6, 6.07) is 6.02. The fraction of sp³-hybridized carbons (Fsp3) is 0.481. The van der Waals surface area contributed by atoms with Gasteiger partial charge in [-0.1, -0.05) is 45.1 Å². The highest BCUT2D eigenvalue weighted by molar-refractivity contribution is 5.78. The van der Waals surface area contributed by atoms with Crippen molar-refractivity contribution in [2.75, 3.05) is 26.3 Å². The third kappa shape index (κ3) is 5.87. The van der Waals surface area contributed by atoms with Crippen LogP contribution in [0, 0.1) is 17.2 Å². The minimum absolute atomic E-state index is 0.00804. The zero-order valence-electron chi connectivity index (χ0n) is 20.6. The molecule has 1 aromatic carbocycles. The molecular formula is C27H34F2N4O2. The zero-order chi connectivity index (χ0) is 25.2. The van der Waals surface area contributed by atoms with Crippen molar-refractivity contribution in [2.45, 2.75) is 46.0 Å². The number of allylic oxidation sites excluding steroid dienone is 4. The molecule has 2 aliphatic rings. The molecule has 188 valence electrons. The topological polar surface area (TPSA) is 73.4 Å². The number of hydrogen-bond donors (Lipinski definition) is 1. The fourth-order valence-corrected chi connectivity index (χ4v) is 4.78. The van der Waals surface area contributed by atoms with Crippen molar-refractivity contribution in [1.29, 1.82) is 0 Å². The van der Waals surface area contributed by atoms with E-state index < -0.39 is 12.2 Å². The lowest BCUT2D eigenvalue weighted by Crippen LogP contribution is -2.45.